The van der Waals surface area contributed by atoms with Crippen LogP contribution in [0.1, 0.15) is 44.0 Å². The standard InChI is InChI=1S/C13H24N2O2S2/c1-3-6-12(13-7-5-10-18-13)15-19(16,17)11-9-14-8-4-2/h5,7,10,12,14-15H,3-4,6,8-9,11H2,1-2H3. The molecule has 0 radical (unpaired) electrons. The van der Waals surface area contributed by atoms with E-state index >= 15 is 0 Å². The maximum atomic E-state index is 12.0. The summed E-state index contributed by atoms with van der Waals surface area (Å²) in [5.41, 5.74) is 0. The molecule has 1 heterocycles. The Morgan fingerprint density at radius 3 is 2.63 bits per heavy atom. The van der Waals surface area contributed by atoms with Crippen LogP contribution < -0.4 is 10.0 Å². The third-order valence-electron chi connectivity index (χ3n) is 2.76. The quantitative estimate of drug-likeness (QED) is 0.653. The van der Waals surface area contributed by atoms with Crippen LogP contribution in [0.25, 0.3) is 0 Å². The number of nitrogens with one attached hydrogen (secondary N) is 2. The summed E-state index contributed by atoms with van der Waals surface area (Å²) in [6, 6.07) is 3.86. The molecule has 0 bridgehead atoms. The Bertz CT molecular complexity index is 430. The molecule has 4 nitrogen and oxygen atoms in total. The highest BCUT2D eigenvalue weighted by molar-refractivity contribution is 7.89. The van der Waals surface area contributed by atoms with Crippen molar-refractivity contribution in [3.05, 3.63) is 22.4 Å². The van der Waals surface area contributed by atoms with Crippen molar-refractivity contribution in [3.8, 4) is 0 Å². The summed E-state index contributed by atoms with van der Waals surface area (Å²) in [6.07, 6.45) is 2.81. The summed E-state index contributed by atoms with van der Waals surface area (Å²) in [5.74, 6) is 0.137. The fraction of sp³-hybridized carbons (Fsp3) is 0.692. The summed E-state index contributed by atoms with van der Waals surface area (Å²) in [4.78, 5) is 1.09. The third-order valence-corrected chi connectivity index (χ3v) is 5.13. The second-order valence-electron chi connectivity index (χ2n) is 4.54. The Morgan fingerprint density at radius 2 is 2.05 bits per heavy atom. The Balaban J connectivity index is 2.53. The van der Waals surface area contributed by atoms with E-state index in [4.69, 9.17) is 0 Å². The fourth-order valence-corrected chi connectivity index (χ4v) is 3.92. The molecule has 0 aromatic carbocycles. The smallest absolute Gasteiger partial charge is 0.213 e. The Hall–Kier alpha value is -0.430. The normalized spacial score (nSPS) is 13.6. The lowest BCUT2D eigenvalue weighted by Gasteiger charge is -2.17. The SMILES string of the molecule is CCCNCCS(=O)(=O)NC(CCC)c1cccs1. The minimum atomic E-state index is -3.22. The fourth-order valence-electron chi connectivity index (χ4n) is 1.82. The van der Waals surface area contributed by atoms with E-state index in [-0.39, 0.29) is 11.8 Å². The summed E-state index contributed by atoms with van der Waals surface area (Å²) in [5, 5.41) is 5.10. The first-order valence-electron chi connectivity index (χ1n) is 6.83. The first-order chi connectivity index (χ1) is 9.09. The van der Waals surface area contributed by atoms with Crippen molar-refractivity contribution >= 4 is 21.4 Å². The van der Waals surface area contributed by atoms with Crippen molar-refractivity contribution in [1.82, 2.24) is 10.0 Å². The zero-order valence-corrected chi connectivity index (χ0v) is 13.3. The molecule has 1 atom stereocenters. The van der Waals surface area contributed by atoms with Crippen molar-refractivity contribution in [2.75, 3.05) is 18.8 Å². The molecule has 2 N–H and O–H groups in total. The molecule has 0 aliphatic rings. The van der Waals surface area contributed by atoms with Crippen LogP contribution in [0.15, 0.2) is 17.5 Å². The average molecular weight is 304 g/mol. The van der Waals surface area contributed by atoms with Crippen molar-refractivity contribution in [1.29, 1.82) is 0 Å². The van der Waals surface area contributed by atoms with E-state index in [2.05, 4.69) is 23.9 Å². The van der Waals surface area contributed by atoms with Crippen molar-refractivity contribution in [2.45, 2.75) is 39.2 Å². The number of rotatable bonds is 10. The Labute approximate surface area is 120 Å². The van der Waals surface area contributed by atoms with Gasteiger partial charge in [0.2, 0.25) is 10.0 Å². The predicted octanol–water partition coefficient (Wildman–Crippen LogP) is 2.51. The molecule has 1 rings (SSSR count). The van der Waals surface area contributed by atoms with Gasteiger partial charge in [-0.15, -0.1) is 11.3 Å². The van der Waals surface area contributed by atoms with Gasteiger partial charge in [-0.2, -0.15) is 0 Å². The topological polar surface area (TPSA) is 58.2 Å². The monoisotopic (exact) mass is 304 g/mol. The van der Waals surface area contributed by atoms with E-state index < -0.39 is 10.0 Å². The van der Waals surface area contributed by atoms with E-state index in [9.17, 15) is 8.42 Å². The number of sulfonamides is 1. The zero-order chi connectivity index (χ0) is 14.1. The highest BCUT2D eigenvalue weighted by atomic mass is 32.2. The lowest BCUT2D eigenvalue weighted by molar-refractivity contribution is 0.537. The Morgan fingerprint density at radius 1 is 1.26 bits per heavy atom. The molecule has 6 heteroatoms. The van der Waals surface area contributed by atoms with E-state index in [1.54, 1.807) is 11.3 Å². The minimum absolute atomic E-state index is 0.0822. The van der Waals surface area contributed by atoms with Crippen LogP contribution in [0.2, 0.25) is 0 Å². The Kier molecular flexibility index (Phi) is 7.60. The van der Waals surface area contributed by atoms with Gasteiger partial charge in [0, 0.05) is 11.4 Å². The zero-order valence-electron chi connectivity index (χ0n) is 11.7. The maximum absolute atomic E-state index is 12.0. The molecular formula is C13H24N2O2S2. The summed E-state index contributed by atoms with van der Waals surface area (Å²) in [6.45, 7) is 5.50. The molecule has 0 saturated heterocycles. The van der Waals surface area contributed by atoms with Gasteiger partial charge in [0.05, 0.1) is 11.8 Å². The summed E-state index contributed by atoms with van der Waals surface area (Å²) >= 11 is 1.60. The maximum Gasteiger partial charge on any atom is 0.213 e. The molecular weight excluding hydrogens is 280 g/mol. The summed E-state index contributed by atoms with van der Waals surface area (Å²) < 4.78 is 26.9. The molecule has 19 heavy (non-hydrogen) atoms. The average Bonchev–Trinajstić information content (AvgIpc) is 2.88. The highest BCUT2D eigenvalue weighted by Gasteiger charge is 2.19. The van der Waals surface area contributed by atoms with E-state index in [1.807, 2.05) is 17.5 Å². The van der Waals surface area contributed by atoms with Gasteiger partial charge < -0.3 is 5.32 Å². The van der Waals surface area contributed by atoms with Gasteiger partial charge in [0.15, 0.2) is 0 Å². The molecule has 0 spiro atoms. The molecule has 0 amide bonds. The molecule has 0 fully saturated rings. The second-order valence-corrected chi connectivity index (χ2v) is 7.40. The van der Waals surface area contributed by atoms with Crippen molar-refractivity contribution in [3.63, 3.8) is 0 Å². The predicted molar refractivity (Wildman–Crippen MR) is 82.1 cm³/mol. The number of thiophene rings is 1. The molecule has 1 aromatic heterocycles. The molecule has 0 aliphatic carbocycles. The lowest BCUT2D eigenvalue weighted by Crippen LogP contribution is -2.34. The third kappa shape index (κ3) is 6.51. The van der Waals surface area contributed by atoms with E-state index in [0.717, 1.165) is 30.7 Å². The van der Waals surface area contributed by atoms with Crippen LogP contribution in [0.4, 0.5) is 0 Å². The van der Waals surface area contributed by atoms with Crippen LogP contribution >= 0.6 is 11.3 Å². The minimum Gasteiger partial charge on any atom is -0.316 e. The van der Waals surface area contributed by atoms with Crippen LogP contribution in [-0.2, 0) is 10.0 Å². The molecule has 0 saturated carbocycles. The first kappa shape index (κ1) is 16.6. The van der Waals surface area contributed by atoms with E-state index in [1.165, 1.54) is 0 Å². The first-order valence-corrected chi connectivity index (χ1v) is 9.36. The van der Waals surface area contributed by atoms with Crippen molar-refractivity contribution < 1.29 is 8.42 Å². The molecule has 0 aliphatic heterocycles. The van der Waals surface area contributed by atoms with Crippen LogP contribution in [0.5, 0.6) is 0 Å². The number of hydrogen-bond donors (Lipinski definition) is 2. The molecule has 110 valence electrons. The van der Waals surface area contributed by atoms with Gasteiger partial charge in [-0.25, -0.2) is 13.1 Å². The van der Waals surface area contributed by atoms with Gasteiger partial charge in [0.25, 0.3) is 0 Å². The van der Waals surface area contributed by atoms with Crippen molar-refractivity contribution in [2.24, 2.45) is 0 Å². The lowest BCUT2D eigenvalue weighted by atomic mass is 10.1. The summed E-state index contributed by atoms with van der Waals surface area (Å²) in [7, 11) is -3.22. The molecule has 1 aromatic rings. The van der Waals surface area contributed by atoms with Crippen LogP contribution in [0, 0.1) is 0 Å². The molecule has 1 unspecified atom stereocenters. The highest BCUT2D eigenvalue weighted by Crippen LogP contribution is 2.23. The largest absolute Gasteiger partial charge is 0.316 e. The van der Waals surface area contributed by atoms with Gasteiger partial charge in [0.1, 0.15) is 0 Å². The second kappa shape index (κ2) is 8.68. The van der Waals surface area contributed by atoms with E-state index in [0.29, 0.717) is 6.54 Å². The number of hydrogen-bond acceptors (Lipinski definition) is 4. The van der Waals surface area contributed by atoms with Crippen LogP contribution in [-0.4, -0.2) is 27.3 Å². The van der Waals surface area contributed by atoms with Gasteiger partial charge in [-0.1, -0.05) is 26.3 Å². The van der Waals surface area contributed by atoms with Gasteiger partial charge >= 0.3 is 0 Å². The van der Waals surface area contributed by atoms with Crippen LogP contribution in [0.3, 0.4) is 0 Å². The van der Waals surface area contributed by atoms with Gasteiger partial charge in [-0.3, -0.25) is 0 Å². The van der Waals surface area contributed by atoms with Gasteiger partial charge in [-0.05, 0) is 30.8 Å².